The van der Waals surface area contributed by atoms with E-state index in [-0.39, 0.29) is 30.4 Å². The Balaban J connectivity index is 1.34. The number of hydrogen-bond acceptors (Lipinski definition) is 5. The van der Waals surface area contributed by atoms with Crippen molar-refractivity contribution in [2.75, 3.05) is 26.2 Å². The lowest BCUT2D eigenvalue weighted by atomic mass is 9.75. The van der Waals surface area contributed by atoms with Crippen LogP contribution < -0.4 is 5.32 Å². The molecule has 3 aliphatic rings. The maximum atomic E-state index is 13.8. The van der Waals surface area contributed by atoms with Crippen LogP contribution in [0.5, 0.6) is 0 Å². The summed E-state index contributed by atoms with van der Waals surface area (Å²) in [6.45, 7) is 2.00. The third-order valence-electron chi connectivity index (χ3n) is 7.27. The molecule has 178 valence electrons. The maximum Gasteiger partial charge on any atom is 0.325 e. The lowest BCUT2D eigenvalue weighted by Crippen LogP contribution is -2.55. The second-order valence-electron chi connectivity index (χ2n) is 9.32. The van der Waals surface area contributed by atoms with Gasteiger partial charge in [-0.25, -0.2) is 4.79 Å². The molecule has 1 N–H and O–H groups in total. The van der Waals surface area contributed by atoms with Gasteiger partial charge in [0.1, 0.15) is 0 Å². The van der Waals surface area contributed by atoms with Crippen LogP contribution in [0.25, 0.3) is 0 Å². The molecule has 0 radical (unpaired) electrons. The van der Waals surface area contributed by atoms with Crippen LogP contribution in [-0.2, 0) is 26.3 Å². The van der Waals surface area contributed by atoms with E-state index in [9.17, 15) is 14.4 Å². The van der Waals surface area contributed by atoms with Crippen LogP contribution in [0.2, 0.25) is 0 Å². The minimum Gasteiger partial charge on any atom is -0.376 e. The molecule has 4 heterocycles. The van der Waals surface area contributed by atoms with Crippen molar-refractivity contribution in [3.8, 4) is 0 Å². The smallest absolute Gasteiger partial charge is 0.325 e. The second kappa shape index (κ2) is 9.54. The van der Waals surface area contributed by atoms with Gasteiger partial charge in [0, 0.05) is 31.8 Å². The van der Waals surface area contributed by atoms with Crippen molar-refractivity contribution in [3.05, 3.63) is 66.0 Å². The Kier molecular flexibility index (Phi) is 6.32. The zero-order valence-electron chi connectivity index (χ0n) is 19.2. The average molecular weight is 463 g/mol. The van der Waals surface area contributed by atoms with Gasteiger partial charge in [0.2, 0.25) is 5.91 Å². The maximum absolute atomic E-state index is 13.8. The number of urea groups is 1. The minimum atomic E-state index is -1.22. The molecule has 0 aliphatic carbocycles. The Hall–Kier alpha value is -3.26. The van der Waals surface area contributed by atoms with Crippen LogP contribution in [-0.4, -0.2) is 65.0 Å². The topological polar surface area (TPSA) is 91.8 Å². The van der Waals surface area contributed by atoms with Crippen molar-refractivity contribution < 1.29 is 19.1 Å². The van der Waals surface area contributed by atoms with E-state index >= 15 is 0 Å². The first-order chi connectivity index (χ1) is 16.6. The Bertz CT molecular complexity index is 1030. The predicted octanol–water partition coefficient (Wildman–Crippen LogP) is 2.49. The third-order valence-corrected chi connectivity index (χ3v) is 7.27. The van der Waals surface area contributed by atoms with Gasteiger partial charge < -0.3 is 15.0 Å². The van der Waals surface area contributed by atoms with Crippen LogP contribution in [0.4, 0.5) is 4.79 Å². The summed E-state index contributed by atoms with van der Waals surface area (Å²) in [6.07, 6.45) is 4.89. The summed E-state index contributed by atoms with van der Waals surface area (Å²) in [5, 5.41) is 3.03. The average Bonchev–Trinajstić information content (AvgIpc) is 3.48. The molecule has 3 fully saturated rings. The van der Waals surface area contributed by atoms with E-state index in [1.165, 1.54) is 4.90 Å². The summed E-state index contributed by atoms with van der Waals surface area (Å²) in [5.41, 5.74) is 0.325. The molecule has 1 aromatic heterocycles. The monoisotopic (exact) mass is 462 g/mol. The van der Waals surface area contributed by atoms with Crippen LogP contribution in [0.3, 0.4) is 0 Å². The fraction of sp³-hybridized carbons (Fsp3) is 0.462. The number of likely N-dealkylation sites (tertiary alicyclic amines) is 1. The number of pyridine rings is 1. The van der Waals surface area contributed by atoms with Gasteiger partial charge in [0.05, 0.1) is 24.8 Å². The molecule has 3 aliphatic heterocycles. The SMILES string of the molecule is O=C(Cc1ccccc1)N1CCC([C@@]2(c3ccccn3)NC(=O)N(C[C@H]3CCCO3)C2=O)CC1. The molecule has 8 nitrogen and oxygen atoms in total. The van der Waals surface area contributed by atoms with Gasteiger partial charge >= 0.3 is 6.03 Å². The van der Waals surface area contributed by atoms with Crippen molar-refractivity contribution in [1.82, 2.24) is 20.1 Å². The van der Waals surface area contributed by atoms with E-state index < -0.39 is 11.6 Å². The van der Waals surface area contributed by atoms with Crippen molar-refractivity contribution in [2.45, 2.75) is 43.7 Å². The van der Waals surface area contributed by atoms with Gasteiger partial charge in [-0.3, -0.25) is 19.5 Å². The Morgan fingerprint density at radius 2 is 1.82 bits per heavy atom. The molecule has 8 heteroatoms. The number of aromatic nitrogens is 1. The highest BCUT2D eigenvalue weighted by atomic mass is 16.5. The standard InChI is InChI=1S/C26H30N4O4/c31-23(17-19-7-2-1-3-8-19)29-14-11-20(12-15-29)26(22-10-4-5-13-27-22)24(32)30(25(33)28-26)18-21-9-6-16-34-21/h1-5,7-8,10,13,20-21H,6,9,11-12,14-18H2,(H,28,33)/t21-,26+/m1/s1. The summed E-state index contributed by atoms with van der Waals surface area (Å²) in [5.74, 6) is -0.340. The van der Waals surface area contributed by atoms with Crippen molar-refractivity contribution in [1.29, 1.82) is 0 Å². The fourth-order valence-corrected chi connectivity index (χ4v) is 5.45. The molecular formula is C26H30N4O4. The Morgan fingerprint density at radius 3 is 2.50 bits per heavy atom. The highest BCUT2D eigenvalue weighted by molar-refractivity contribution is 6.07. The molecule has 4 amide bonds. The molecule has 2 aromatic rings. The van der Waals surface area contributed by atoms with E-state index in [1.807, 2.05) is 41.3 Å². The van der Waals surface area contributed by atoms with Crippen molar-refractivity contribution in [2.24, 2.45) is 5.92 Å². The minimum absolute atomic E-state index is 0.0818. The summed E-state index contributed by atoms with van der Waals surface area (Å²) in [6, 6.07) is 14.8. The second-order valence-corrected chi connectivity index (χ2v) is 9.32. The van der Waals surface area contributed by atoms with E-state index in [0.29, 0.717) is 44.7 Å². The van der Waals surface area contributed by atoms with Gasteiger partial charge in [0.25, 0.3) is 5.91 Å². The van der Waals surface area contributed by atoms with Crippen LogP contribution in [0, 0.1) is 5.92 Å². The Labute approximate surface area is 199 Å². The molecule has 3 saturated heterocycles. The highest BCUT2D eigenvalue weighted by Crippen LogP contribution is 2.41. The summed E-state index contributed by atoms with van der Waals surface area (Å²) in [4.78, 5) is 47.4. The number of carbonyl (C=O) groups is 3. The largest absolute Gasteiger partial charge is 0.376 e. The lowest BCUT2D eigenvalue weighted by Gasteiger charge is -2.40. The molecule has 1 aromatic carbocycles. The molecule has 5 rings (SSSR count). The predicted molar refractivity (Wildman–Crippen MR) is 125 cm³/mol. The number of carbonyl (C=O) groups excluding carboxylic acids is 3. The number of amides is 4. The van der Waals surface area contributed by atoms with Crippen molar-refractivity contribution in [3.63, 3.8) is 0 Å². The lowest BCUT2D eigenvalue weighted by molar-refractivity contribution is -0.137. The van der Waals surface area contributed by atoms with Gasteiger partial charge in [-0.1, -0.05) is 36.4 Å². The molecule has 0 bridgehead atoms. The van der Waals surface area contributed by atoms with Crippen LogP contribution in [0.1, 0.15) is 36.9 Å². The molecule has 0 unspecified atom stereocenters. The summed E-state index contributed by atoms with van der Waals surface area (Å²) < 4.78 is 5.69. The van der Waals surface area contributed by atoms with Crippen molar-refractivity contribution >= 4 is 17.8 Å². The van der Waals surface area contributed by atoms with Gasteiger partial charge in [0.15, 0.2) is 5.54 Å². The molecule has 0 saturated carbocycles. The van der Waals surface area contributed by atoms with Crippen LogP contribution in [0.15, 0.2) is 54.7 Å². The van der Waals surface area contributed by atoms with E-state index in [4.69, 9.17) is 4.74 Å². The van der Waals surface area contributed by atoms with E-state index in [2.05, 4.69) is 10.3 Å². The number of nitrogens with zero attached hydrogens (tertiary/aromatic N) is 3. The molecule has 34 heavy (non-hydrogen) atoms. The van der Waals surface area contributed by atoms with Gasteiger partial charge in [-0.15, -0.1) is 0 Å². The summed E-state index contributed by atoms with van der Waals surface area (Å²) in [7, 11) is 0. The highest BCUT2D eigenvalue weighted by Gasteiger charge is 2.58. The fourth-order valence-electron chi connectivity index (χ4n) is 5.45. The number of rotatable bonds is 6. The van der Waals surface area contributed by atoms with E-state index in [0.717, 1.165) is 18.4 Å². The number of nitrogens with one attached hydrogen (secondary N) is 1. The molecule has 2 atom stereocenters. The number of imide groups is 1. The number of ether oxygens (including phenoxy) is 1. The van der Waals surface area contributed by atoms with E-state index in [1.54, 1.807) is 18.3 Å². The zero-order chi connectivity index (χ0) is 23.5. The zero-order valence-corrected chi connectivity index (χ0v) is 19.2. The van der Waals surface area contributed by atoms with Gasteiger partial charge in [-0.05, 0) is 43.4 Å². The first-order valence-electron chi connectivity index (χ1n) is 12.1. The quantitative estimate of drug-likeness (QED) is 0.666. The first-order valence-corrected chi connectivity index (χ1v) is 12.1. The normalized spacial score (nSPS) is 25.6. The number of benzene rings is 1. The summed E-state index contributed by atoms with van der Waals surface area (Å²) >= 11 is 0. The molecule has 0 spiro atoms. The third kappa shape index (κ3) is 4.18. The number of hydrogen-bond donors (Lipinski definition) is 1. The first kappa shape index (κ1) is 22.5. The van der Waals surface area contributed by atoms with Gasteiger partial charge in [-0.2, -0.15) is 0 Å². The van der Waals surface area contributed by atoms with Crippen LogP contribution >= 0.6 is 0 Å². The Morgan fingerprint density at radius 1 is 1.06 bits per heavy atom. The molecular weight excluding hydrogens is 432 g/mol. The number of piperidine rings is 1.